The number of nitrogens with zero attached hydrogens (tertiary/aromatic N) is 3. The number of nitrogens with two attached hydrogens (primary N) is 1. The lowest BCUT2D eigenvalue weighted by Gasteiger charge is -2.07. The molecular weight excluding hydrogens is 353 g/mol. The number of carbonyl (C=O) groups is 1. The Morgan fingerprint density at radius 3 is 2.63 bits per heavy atom. The number of phenols is 1. The van der Waals surface area contributed by atoms with Gasteiger partial charge >= 0.3 is 5.69 Å². The van der Waals surface area contributed by atoms with Crippen molar-refractivity contribution in [3.05, 3.63) is 70.5 Å². The molecule has 0 bridgehead atoms. The summed E-state index contributed by atoms with van der Waals surface area (Å²) in [5, 5.41) is 9.68. The molecule has 0 radical (unpaired) electrons. The number of rotatable bonds is 3. The number of hydrogen-bond acceptors (Lipinski definition) is 5. The molecule has 134 valence electrons. The number of nitrogens with one attached hydrogen (secondary N) is 1. The van der Waals surface area contributed by atoms with Gasteiger partial charge in [0.05, 0.1) is 5.69 Å². The highest BCUT2D eigenvalue weighted by atomic mass is 19.1. The molecule has 8 nitrogen and oxygen atoms in total. The number of benzene rings is 2. The van der Waals surface area contributed by atoms with E-state index in [0.717, 1.165) is 4.57 Å². The van der Waals surface area contributed by atoms with Crippen LogP contribution in [0.5, 0.6) is 5.75 Å². The van der Waals surface area contributed by atoms with Gasteiger partial charge in [-0.25, -0.2) is 23.7 Å². The van der Waals surface area contributed by atoms with Crippen LogP contribution in [0.1, 0.15) is 10.5 Å². The zero-order chi connectivity index (χ0) is 19.1. The van der Waals surface area contributed by atoms with Crippen molar-refractivity contribution in [2.75, 3.05) is 0 Å². The van der Waals surface area contributed by atoms with Gasteiger partial charge in [-0.1, -0.05) is 24.3 Å². The molecule has 1 amide bonds. The minimum Gasteiger partial charge on any atom is -0.508 e. The molecule has 0 aliphatic carbocycles. The molecule has 0 saturated heterocycles. The third-order valence-electron chi connectivity index (χ3n) is 3.97. The van der Waals surface area contributed by atoms with E-state index in [0.29, 0.717) is 5.56 Å². The zero-order valence-electron chi connectivity index (χ0n) is 13.7. The van der Waals surface area contributed by atoms with Crippen molar-refractivity contribution in [3.63, 3.8) is 0 Å². The van der Waals surface area contributed by atoms with Gasteiger partial charge < -0.3 is 15.8 Å². The molecule has 0 fully saturated rings. The van der Waals surface area contributed by atoms with Crippen molar-refractivity contribution in [1.82, 2.24) is 19.5 Å². The summed E-state index contributed by atoms with van der Waals surface area (Å²) in [6.07, 6.45) is 0. The first-order valence-electron chi connectivity index (χ1n) is 7.82. The van der Waals surface area contributed by atoms with Crippen LogP contribution in [-0.4, -0.2) is 30.5 Å². The average molecular weight is 365 g/mol. The Hall–Kier alpha value is -4.01. The predicted molar refractivity (Wildman–Crippen MR) is 95.1 cm³/mol. The molecule has 0 spiro atoms. The smallest absolute Gasteiger partial charge is 0.332 e. The lowest BCUT2D eigenvalue weighted by atomic mass is 10.2. The summed E-state index contributed by atoms with van der Waals surface area (Å²) in [4.78, 5) is 35.2. The van der Waals surface area contributed by atoms with E-state index in [2.05, 4.69) is 15.0 Å². The van der Waals surface area contributed by atoms with Crippen molar-refractivity contribution < 1.29 is 14.3 Å². The van der Waals surface area contributed by atoms with E-state index in [9.17, 15) is 19.1 Å². The van der Waals surface area contributed by atoms with E-state index < -0.39 is 17.4 Å². The predicted octanol–water partition coefficient (Wildman–Crippen LogP) is 1.72. The Kier molecular flexibility index (Phi) is 3.69. The molecule has 0 aliphatic rings. The lowest BCUT2D eigenvalue weighted by Crippen LogP contribution is -2.16. The first-order valence-corrected chi connectivity index (χ1v) is 7.82. The summed E-state index contributed by atoms with van der Waals surface area (Å²) in [5.74, 6) is -1.50. The highest BCUT2D eigenvalue weighted by molar-refractivity contribution is 6.02. The minimum absolute atomic E-state index is 0.000318. The van der Waals surface area contributed by atoms with Crippen molar-refractivity contribution in [2.45, 2.75) is 0 Å². The number of amides is 1. The number of imidazole rings is 1. The monoisotopic (exact) mass is 365 g/mol. The first-order chi connectivity index (χ1) is 13.0. The molecule has 27 heavy (non-hydrogen) atoms. The molecule has 0 aliphatic heterocycles. The van der Waals surface area contributed by atoms with Crippen LogP contribution in [0, 0.1) is 5.82 Å². The van der Waals surface area contributed by atoms with Crippen molar-refractivity contribution in [1.29, 1.82) is 0 Å². The second-order valence-electron chi connectivity index (χ2n) is 5.73. The normalized spacial score (nSPS) is 11.0. The summed E-state index contributed by atoms with van der Waals surface area (Å²) in [6, 6.07) is 11.7. The van der Waals surface area contributed by atoms with Gasteiger partial charge in [0.2, 0.25) is 0 Å². The largest absolute Gasteiger partial charge is 0.508 e. The van der Waals surface area contributed by atoms with Crippen LogP contribution in [0.2, 0.25) is 0 Å². The molecule has 0 atom stereocenters. The molecule has 4 N–H and O–H groups in total. The van der Waals surface area contributed by atoms with Crippen molar-refractivity contribution in [3.8, 4) is 22.8 Å². The van der Waals surface area contributed by atoms with E-state index in [1.807, 2.05) is 0 Å². The first kappa shape index (κ1) is 16.5. The summed E-state index contributed by atoms with van der Waals surface area (Å²) in [6.45, 7) is 0. The number of aromatic nitrogens is 4. The van der Waals surface area contributed by atoms with Gasteiger partial charge in [0.15, 0.2) is 17.2 Å². The molecule has 4 rings (SSSR count). The molecule has 2 aromatic heterocycles. The Bertz CT molecular complexity index is 1260. The van der Waals surface area contributed by atoms with Crippen LogP contribution in [0.4, 0.5) is 4.39 Å². The third-order valence-corrected chi connectivity index (χ3v) is 3.97. The summed E-state index contributed by atoms with van der Waals surface area (Å²) in [7, 11) is 0. The molecule has 0 unspecified atom stereocenters. The lowest BCUT2D eigenvalue weighted by molar-refractivity contribution is 0.0997. The van der Waals surface area contributed by atoms with Gasteiger partial charge in [0, 0.05) is 5.56 Å². The molecule has 4 aromatic rings. The van der Waals surface area contributed by atoms with Crippen LogP contribution in [0.25, 0.3) is 28.2 Å². The van der Waals surface area contributed by atoms with Gasteiger partial charge in [0.1, 0.15) is 17.1 Å². The number of fused-ring (bicyclic) bond motifs is 1. The van der Waals surface area contributed by atoms with E-state index in [-0.39, 0.29) is 34.1 Å². The number of primary amides is 1. The summed E-state index contributed by atoms with van der Waals surface area (Å²) in [5.41, 5.74) is 4.84. The van der Waals surface area contributed by atoms with Crippen molar-refractivity contribution >= 4 is 17.1 Å². The number of halogens is 1. The third kappa shape index (κ3) is 2.71. The second-order valence-corrected chi connectivity index (χ2v) is 5.73. The fourth-order valence-corrected chi connectivity index (χ4v) is 2.79. The van der Waals surface area contributed by atoms with E-state index >= 15 is 0 Å². The highest BCUT2D eigenvalue weighted by Crippen LogP contribution is 2.24. The standard InChI is InChI=1S/C18H12FN5O3/c19-11-6-1-2-7-12(11)24-17-14(22-18(24)27)13(15(20)26)21-16(23-17)9-4-3-5-10(25)8-9/h1-8,25H,(H2,20,26)(H,22,27). The number of H-pyrrole nitrogens is 1. The van der Waals surface area contributed by atoms with Gasteiger partial charge in [0.25, 0.3) is 5.91 Å². The number of para-hydroxylation sites is 1. The van der Waals surface area contributed by atoms with Crippen LogP contribution in [-0.2, 0) is 0 Å². The Labute approximate surface area is 150 Å². The van der Waals surface area contributed by atoms with Gasteiger partial charge in [-0.2, -0.15) is 0 Å². The fourth-order valence-electron chi connectivity index (χ4n) is 2.79. The van der Waals surface area contributed by atoms with Crippen molar-refractivity contribution in [2.24, 2.45) is 5.73 Å². The SMILES string of the molecule is NC(=O)c1nc(-c2cccc(O)c2)nc2c1[nH]c(=O)n2-c1ccccc1F. The maximum absolute atomic E-state index is 14.3. The number of aromatic amines is 1. The molecular formula is C18H12FN5O3. The Balaban J connectivity index is 2.10. The van der Waals surface area contributed by atoms with E-state index in [1.54, 1.807) is 18.2 Å². The number of carbonyl (C=O) groups excluding carboxylic acids is 1. The Morgan fingerprint density at radius 1 is 1.15 bits per heavy atom. The summed E-state index contributed by atoms with van der Waals surface area (Å²) < 4.78 is 15.3. The van der Waals surface area contributed by atoms with Gasteiger partial charge in [-0.05, 0) is 24.3 Å². The van der Waals surface area contributed by atoms with E-state index in [1.165, 1.54) is 30.3 Å². The van der Waals surface area contributed by atoms with Crippen LogP contribution < -0.4 is 11.4 Å². The Morgan fingerprint density at radius 2 is 1.93 bits per heavy atom. The van der Waals surface area contributed by atoms with Gasteiger partial charge in [-0.3, -0.25) is 4.79 Å². The van der Waals surface area contributed by atoms with Crippen LogP contribution >= 0.6 is 0 Å². The molecule has 0 saturated carbocycles. The average Bonchev–Trinajstić information content (AvgIpc) is 2.97. The second kappa shape index (κ2) is 6.06. The van der Waals surface area contributed by atoms with Gasteiger partial charge in [-0.15, -0.1) is 0 Å². The van der Waals surface area contributed by atoms with E-state index in [4.69, 9.17) is 5.73 Å². The fraction of sp³-hybridized carbons (Fsp3) is 0. The number of phenolic OH excluding ortho intramolecular Hbond substituents is 1. The minimum atomic E-state index is -0.884. The summed E-state index contributed by atoms with van der Waals surface area (Å²) >= 11 is 0. The quantitative estimate of drug-likeness (QED) is 0.509. The number of aromatic hydroxyl groups is 1. The molecule has 2 heterocycles. The topological polar surface area (TPSA) is 127 Å². The maximum Gasteiger partial charge on any atom is 0.332 e. The van der Waals surface area contributed by atoms with Crippen LogP contribution in [0.3, 0.4) is 0 Å². The molecule has 9 heteroatoms. The van der Waals surface area contributed by atoms with Crippen LogP contribution in [0.15, 0.2) is 53.3 Å². The highest BCUT2D eigenvalue weighted by Gasteiger charge is 2.21. The maximum atomic E-state index is 14.3. The zero-order valence-corrected chi connectivity index (χ0v) is 13.7. The number of hydrogen-bond donors (Lipinski definition) is 3. The molecule has 2 aromatic carbocycles.